The lowest BCUT2D eigenvalue weighted by atomic mass is 10.1. The van der Waals surface area contributed by atoms with Crippen molar-refractivity contribution in [3.63, 3.8) is 0 Å². The summed E-state index contributed by atoms with van der Waals surface area (Å²) in [5.74, 6) is -1.19. The van der Waals surface area contributed by atoms with Crippen LogP contribution in [0.5, 0.6) is 0 Å². The van der Waals surface area contributed by atoms with E-state index in [1.165, 1.54) is 20.4 Å². The molecule has 1 aliphatic heterocycles. The molecule has 0 saturated heterocycles. The van der Waals surface area contributed by atoms with Gasteiger partial charge in [-0.25, -0.2) is 14.9 Å². The maximum atomic E-state index is 12.5. The number of nitriles is 1. The maximum absolute atomic E-state index is 12.5. The third-order valence-corrected chi connectivity index (χ3v) is 3.55. The molecule has 0 unspecified atom stereocenters. The SMILES string of the molecule is COC(OC)c1cnc(N2C(=O)c3ccccc3C2=O)c(C#N)n1. The van der Waals surface area contributed by atoms with Gasteiger partial charge in [0.1, 0.15) is 11.8 Å². The highest BCUT2D eigenvalue weighted by Gasteiger charge is 2.39. The normalized spacial score (nSPS) is 13.3. The Morgan fingerprint density at radius 1 is 1.12 bits per heavy atom. The topological polar surface area (TPSA) is 105 Å². The van der Waals surface area contributed by atoms with Crippen LogP contribution >= 0.6 is 0 Å². The predicted octanol–water partition coefficient (Wildman–Crippen LogP) is 1.44. The monoisotopic (exact) mass is 324 g/mol. The first-order chi connectivity index (χ1) is 11.6. The molecule has 0 radical (unpaired) electrons. The number of carbonyl (C=O) groups is 2. The largest absolute Gasteiger partial charge is 0.350 e. The molecule has 0 aliphatic carbocycles. The average molecular weight is 324 g/mol. The fourth-order valence-electron chi connectivity index (χ4n) is 2.47. The molecule has 24 heavy (non-hydrogen) atoms. The van der Waals surface area contributed by atoms with Gasteiger partial charge >= 0.3 is 0 Å². The minimum absolute atomic E-state index is 0.113. The number of amides is 2. The van der Waals surface area contributed by atoms with Crippen LogP contribution in [0, 0.1) is 11.3 Å². The molecule has 3 rings (SSSR count). The number of rotatable bonds is 4. The van der Waals surface area contributed by atoms with E-state index in [0.717, 1.165) is 4.90 Å². The molecule has 8 nitrogen and oxygen atoms in total. The van der Waals surface area contributed by atoms with Crippen molar-refractivity contribution in [1.29, 1.82) is 5.26 Å². The molecule has 2 heterocycles. The lowest BCUT2D eigenvalue weighted by Gasteiger charge is -2.16. The molecular weight excluding hydrogens is 312 g/mol. The Kier molecular flexibility index (Phi) is 4.04. The van der Waals surface area contributed by atoms with E-state index in [9.17, 15) is 14.9 Å². The smallest absolute Gasteiger partial charge is 0.267 e. The minimum atomic E-state index is -0.805. The van der Waals surface area contributed by atoms with Crippen LogP contribution in [0.2, 0.25) is 0 Å². The third kappa shape index (κ3) is 2.32. The van der Waals surface area contributed by atoms with Crippen LogP contribution in [0.15, 0.2) is 30.5 Å². The van der Waals surface area contributed by atoms with E-state index in [1.807, 2.05) is 6.07 Å². The fourth-order valence-corrected chi connectivity index (χ4v) is 2.47. The molecule has 0 saturated carbocycles. The Balaban J connectivity index is 2.07. The number of fused-ring (bicyclic) bond motifs is 1. The Hall–Kier alpha value is -3.15. The number of imide groups is 1. The summed E-state index contributed by atoms with van der Waals surface area (Å²) in [5, 5.41) is 9.34. The number of aromatic nitrogens is 2. The lowest BCUT2D eigenvalue weighted by Crippen LogP contribution is -2.31. The Morgan fingerprint density at radius 3 is 2.21 bits per heavy atom. The van der Waals surface area contributed by atoms with Gasteiger partial charge in [0.15, 0.2) is 11.5 Å². The van der Waals surface area contributed by atoms with Crippen molar-refractivity contribution in [2.75, 3.05) is 19.1 Å². The summed E-state index contributed by atoms with van der Waals surface area (Å²) in [5.41, 5.74) is 0.630. The van der Waals surface area contributed by atoms with Crippen LogP contribution in [-0.2, 0) is 9.47 Å². The van der Waals surface area contributed by atoms with Gasteiger partial charge in [0, 0.05) is 14.2 Å². The highest BCUT2D eigenvalue weighted by atomic mass is 16.7. The quantitative estimate of drug-likeness (QED) is 0.619. The first kappa shape index (κ1) is 15.7. The molecule has 0 bridgehead atoms. The number of nitrogens with zero attached hydrogens (tertiary/aromatic N) is 4. The number of hydrogen-bond acceptors (Lipinski definition) is 7. The molecule has 1 aromatic carbocycles. The van der Waals surface area contributed by atoms with Gasteiger partial charge in [-0.3, -0.25) is 9.59 Å². The van der Waals surface area contributed by atoms with E-state index in [4.69, 9.17) is 9.47 Å². The molecule has 0 fully saturated rings. The number of methoxy groups -OCH3 is 2. The van der Waals surface area contributed by atoms with Crippen LogP contribution in [0.3, 0.4) is 0 Å². The van der Waals surface area contributed by atoms with Gasteiger partial charge < -0.3 is 9.47 Å². The number of benzene rings is 1. The van der Waals surface area contributed by atoms with Crippen LogP contribution < -0.4 is 4.90 Å². The van der Waals surface area contributed by atoms with Gasteiger partial charge in [0.25, 0.3) is 11.8 Å². The molecule has 120 valence electrons. The lowest BCUT2D eigenvalue weighted by molar-refractivity contribution is -0.108. The molecule has 0 atom stereocenters. The van der Waals surface area contributed by atoms with Gasteiger partial charge in [-0.05, 0) is 12.1 Å². The number of ether oxygens (including phenoxy) is 2. The van der Waals surface area contributed by atoms with Crippen molar-refractivity contribution in [3.05, 3.63) is 53.0 Å². The molecular formula is C16H12N4O4. The van der Waals surface area contributed by atoms with Gasteiger partial charge in [-0.2, -0.15) is 5.26 Å². The number of anilines is 1. The van der Waals surface area contributed by atoms with E-state index in [1.54, 1.807) is 24.3 Å². The third-order valence-electron chi connectivity index (χ3n) is 3.55. The molecule has 2 amide bonds. The van der Waals surface area contributed by atoms with E-state index >= 15 is 0 Å². The van der Waals surface area contributed by atoms with E-state index < -0.39 is 18.1 Å². The summed E-state index contributed by atoms with van der Waals surface area (Å²) in [6.07, 6.45) is 0.498. The van der Waals surface area contributed by atoms with Gasteiger partial charge in [-0.1, -0.05) is 12.1 Å². The summed E-state index contributed by atoms with van der Waals surface area (Å²) < 4.78 is 10.1. The second-order valence-corrected chi connectivity index (χ2v) is 4.87. The van der Waals surface area contributed by atoms with E-state index in [2.05, 4.69) is 9.97 Å². The van der Waals surface area contributed by atoms with E-state index in [0.29, 0.717) is 0 Å². The van der Waals surface area contributed by atoms with Gasteiger partial charge in [0.2, 0.25) is 6.29 Å². The molecule has 2 aromatic rings. The second-order valence-electron chi connectivity index (χ2n) is 4.87. The zero-order valence-electron chi connectivity index (χ0n) is 12.9. The predicted molar refractivity (Wildman–Crippen MR) is 81.1 cm³/mol. The van der Waals surface area contributed by atoms with Crippen molar-refractivity contribution in [2.24, 2.45) is 0 Å². The fraction of sp³-hybridized carbons (Fsp3) is 0.188. The van der Waals surface area contributed by atoms with Gasteiger partial charge in [0.05, 0.1) is 17.3 Å². The van der Waals surface area contributed by atoms with Crippen molar-refractivity contribution < 1.29 is 19.1 Å². The molecule has 1 aliphatic rings. The first-order valence-corrected chi connectivity index (χ1v) is 6.92. The zero-order valence-corrected chi connectivity index (χ0v) is 12.9. The van der Waals surface area contributed by atoms with Crippen molar-refractivity contribution in [1.82, 2.24) is 9.97 Å². The highest BCUT2D eigenvalue weighted by molar-refractivity contribution is 6.34. The summed E-state index contributed by atoms with van der Waals surface area (Å²) in [6.45, 7) is 0. The minimum Gasteiger partial charge on any atom is -0.350 e. The highest BCUT2D eigenvalue weighted by Crippen LogP contribution is 2.29. The first-order valence-electron chi connectivity index (χ1n) is 6.92. The maximum Gasteiger partial charge on any atom is 0.267 e. The summed E-state index contributed by atoms with van der Waals surface area (Å²) in [4.78, 5) is 34.0. The summed E-state index contributed by atoms with van der Waals surface area (Å²) >= 11 is 0. The van der Waals surface area contributed by atoms with Crippen molar-refractivity contribution >= 4 is 17.6 Å². The van der Waals surface area contributed by atoms with Crippen molar-refractivity contribution in [2.45, 2.75) is 6.29 Å². The van der Waals surface area contributed by atoms with E-state index in [-0.39, 0.29) is 28.3 Å². The standard InChI is InChI=1S/C16H12N4O4/c1-23-16(24-2)12-8-18-13(11(7-17)19-12)20-14(21)9-5-3-4-6-10(9)15(20)22/h3-6,8,16H,1-2H3. The molecule has 0 N–H and O–H groups in total. The van der Waals surface area contributed by atoms with Crippen LogP contribution in [0.25, 0.3) is 0 Å². The Morgan fingerprint density at radius 2 is 1.71 bits per heavy atom. The van der Waals surface area contributed by atoms with Gasteiger partial charge in [-0.15, -0.1) is 0 Å². The van der Waals surface area contributed by atoms with Crippen molar-refractivity contribution in [3.8, 4) is 6.07 Å². The number of carbonyl (C=O) groups excluding carboxylic acids is 2. The average Bonchev–Trinajstić information content (AvgIpc) is 2.87. The molecule has 0 spiro atoms. The zero-order chi connectivity index (χ0) is 17.3. The van der Waals surface area contributed by atoms with Crippen LogP contribution in [0.1, 0.15) is 38.4 Å². The summed E-state index contributed by atoms with van der Waals surface area (Å²) in [6, 6.07) is 8.28. The number of hydrogen-bond donors (Lipinski definition) is 0. The Bertz CT molecular complexity index is 836. The van der Waals surface area contributed by atoms with Crippen LogP contribution in [-0.4, -0.2) is 36.0 Å². The van der Waals surface area contributed by atoms with Crippen LogP contribution in [0.4, 0.5) is 5.82 Å². The summed E-state index contributed by atoms with van der Waals surface area (Å²) in [7, 11) is 2.83. The Labute approximate surface area is 137 Å². The molecule has 1 aromatic heterocycles. The molecule has 8 heteroatoms. The second kappa shape index (κ2) is 6.16.